The van der Waals surface area contributed by atoms with Crippen molar-refractivity contribution in [3.63, 3.8) is 0 Å². The molecule has 0 saturated heterocycles. The topological polar surface area (TPSA) is 111 Å². The number of amides is 1. The number of carbonyl (C=O) groups is 1. The van der Waals surface area contributed by atoms with Gasteiger partial charge in [0, 0.05) is 11.3 Å². The van der Waals surface area contributed by atoms with Crippen molar-refractivity contribution in [2.45, 2.75) is 32.6 Å². The number of aryl methyl sites for hydroxylation is 3. The highest BCUT2D eigenvalue weighted by molar-refractivity contribution is 7.92. The average Bonchev–Trinajstić information content (AvgIpc) is 2.98. The predicted molar refractivity (Wildman–Crippen MR) is 113 cm³/mol. The Balaban J connectivity index is 1.60. The molecule has 158 valence electrons. The maximum Gasteiger partial charge on any atom is 0.264 e. The van der Waals surface area contributed by atoms with Gasteiger partial charge in [0.1, 0.15) is 5.75 Å². The van der Waals surface area contributed by atoms with E-state index in [2.05, 4.69) is 15.2 Å². The molecule has 1 heterocycles. The largest absolute Gasteiger partial charge is 0.484 e. The first-order chi connectivity index (χ1) is 14.1. The van der Waals surface area contributed by atoms with Gasteiger partial charge >= 0.3 is 0 Å². The quantitative estimate of drug-likeness (QED) is 0.592. The van der Waals surface area contributed by atoms with Crippen LogP contribution in [-0.4, -0.2) is 26.1 Å². The van der Waals surface area contributed by atoms with Gasteiger partial charge in [-0.05, 0) is 75.2 Å². The van der Waals surface area contributed by atoms with Gasteiger partial charge in [0.05, 0.1) is 10.6 Å². The van der Waals surface area contributed by atoms with Crippen molar-refractivity contribution < 1.29 is 22.5 Å². The van der Waals surface area contributed by atoms with Crippen molar-refractivity contribution in [3.8, 4) is 5.75 Å². The second-order valence-corrected chi connectivity index (χ2v) is 8.69. The van der Waals surface area contributed by atoms with Crippen molar-refractivity contribution >= 4 is 27.5 Å². The third-order valence-corrected chi connectivity index (χ3v) is 5.74. The Morgan fingerprint density at radius 2 is 1.67 bits per heavy atom. The molecule has 0 aliphatic carbocycles. The summed E-state index contributed by atoms with van der Waals surface area (Å²) in [5.74, 6) is 0.345. The minimum Gasteiger partial charge on any atom is -0.484 e. The van der Waals surface area contributed by atoms with E-state index in [-0.39, 0.29) is 23.3 Å². The van der Waals surface area contributed by atoms with E-state index >= 15 is 0 Å². The lowest BCUT2D eigenvalue weighted by atomic mass is 10.1. The molecule has 0 aliphatic rings. The Morgan fingerprint density at radius 1 is 1.03 bits per heavy atom. The van der Waals surface area contributed by atoms with Crippen LogP contribution >= 0.6 is 0 Å². The summed E-state index contributed by atoms with van der Waals surface area (Å²) in [7, 11) is -3.84. The van der Waals surface area contributed by atoms with Crippen LogP contribution in [0.15, 0.2) is 51.9 Å². The molecule has 0 unspecified atom stereocenters. The molecule has 0 spiro atoms. The van der Waals surface area contributed by atoms with E-state index in [4.69, 9.17) is 9.26 Å². The van der Waals surface area contributed by atoms with Crippen LogP contribution in [0.5, 0.6) is 5.75 Å². The van der Waals surface area contributed by atoms with Crippen molar-refractivity contribution in [2.24, 2.45) is 0 Å². The number of anilines is 2. The molecular formula is C21H23N3O5S. The van der Waals surface area contributed by atoms with E-state index in [1.54, 1.807) is 13.8 Å². The molecule has 0 atom stereocenters. The molecule has 30 heavy (non-hydrogen) atoms. The third-order valence-electron chi connectivity index (χ3n) is 4.40. The first kappa shape index (κ1) is 21.4. The molecule has 8 nitrogen and oxygen atoms in total. The van der Waals surface area contributed by atoms with E-state index in [0.717, 1.165) is 11.1 Å². The van der Waals surface area contributed by atoms with Crippen LogP contribution in [0.3, 0.4) is 0 Å². The fourth-order valence-electron chi connectivity index (χ4n) is 2.77. The molecule has 0 fully saturated rings. The molecular weight excluding hydrogens is 406 g/mol. The number of hydrogen-bond donors (Lipinski definition) is 2. The predicted octanol–water partition coefficient (Wildman–Crippen LogP) is 3.73. The zero-order valence-corrected chi connectivity index (χ0v) is 18.0. The van der Waals surface area contributed by atoms with E-state index < -0.39 is 10.0 Å². The van der Waals surface area contributed by atoms with Crippen molar-refractivity contribution in [1.82, 2.24) is 5.16 Å². The molecule has 9 heteroatoms. The number of rotatable bonds is 7. The molecule has 2 aromatic carbocycles. The zero-order chi connectivity index (χ0) is 21.9. The van der Waals surface area contributed by atoms with Crippen molar-refractivity contribution in [2.75, 3.05) is 16.6 Å². The van der Waals surface area contributed by atoms with Gasteiger partial charge in [0.2, 0.25) is 5.88 Å². The lowest BCUT2D eigenvalue weighted by molar-refractivity contribution is -0.118. The monoisotopic (exact) mass is 429 g/mol. The maximum absolute atomic E-state index is 12.5. The summed E-state index contributed by atoms with van der Waals surface area (Å²) in [5.41, 5.74) is 3.77. The van der Waals surface area contributed by atoms with Crippen LogP contribution in [0.4, 0.5) is 11.6 Å². The van der Waals surface area contributed by atoms with E-state index in [1.165, 1.54) is 24.3 Å². The summed E-state index contributed by atoms with van der Waals surface area (Å²) < 4.78 is 37.9. The number of hydrogen-bond acceptors (Lipinski definition) is 6. The van der Waals surface area contributed by atoms with E-state index in [1.807, 2.05) is 32.0 Å². The van der Waals surface area contributed by atoms with Crippen LogP contribution in [0.1, 0.15) is 22.4 Å². The van der Waals surface area contributed by atoms with Crippen molar-refractivity contribution in [3.05, 3.63) is 64.8 Å². The lowest BCUT2D eigenvalue weighted by Gasteiger charge is -2.10. The second-order valence-electron chi connectivity index (χ2n) is 7.01. The standard InChI is InChI=1S/C21H23N3O5S/c1-13-9-14(2)11-18(10-13)28-12-20(25)22-17-5-7-19(8-6-17)30(26,27)24-21-15(3)16(4)23-29-21/h5-11,24H,12H2,1-4H3,(H,22,25). The normalized spacial score (nSPS) is 11.2. The van der Waals surface area contributed by atoms with Gasteiger partial charge in [-0.15, -0.1) is 0 Å². The van der Waals surface area contributed by atoms with E-state index in [9.17, 15) is 13.2 Å². The van der Waals surface area contributed by atoms with Crippen LogP contribution in [-0.2, 0) is 14.8 Å². The molecule has 0 radical (unpaired) electrons. The Labute approximate surface area is 175 Å². The summed E-state index contributed by atoms with van der Waals surface area (Å²) in [6.07, 6.45) is 0. The summed E-state index contributed by atoms with van der Waals surface area (Å²) in [4.78, 5) is 12.2. The maximum atomic E-state index is 12.5. The van der Waals surface area contributed by atoms with Gasteiger partial charge in [0.25, 0.3) is 15.9 Å². The molecule has 3 aromatic rings. The highest BCUT2D eigenvalue weighted by atomic mass is 32.2. The minimum absolute atomic E-state index is 0.0282. The fraction of sp³-hybridized carbons (Fsp3) is 0.238. The number of ether oxygens (including phenoxy) is 1. The smallest absolute Gasteiger partial charge is 0.264 e. The number of carbonyl (C=O) groups excluding carboxylic acids is 1. The molecule has 0 saturated carbocycles. The molecule has 3 rings (SSSR count). The summed E-state index contributed by atoms with van der Waals surface area (Å²) in [6.45, 7) is 7.18. The summed E-state index contributed by atoms with van der Waals surface area (Å²) in [6, 6.07) is 11.5. The Bertz CT molecular complexity index is 1150. The Kier molecular flexibility index (Phi) is 6.12. The minimum atomic E-state index is -3.84. The number of nitrogens with zero attached hydrogens (tertiary/aromatic N) is 1. The lowest BCUT2D eigenvalue weighted by Crippen LogP contribution is -2.20. The van der Waals surface area contributed by atoms with E-state index in [0.29, 0.717) is 22.7 Å². The Hall–Kier alpha value is -3.33. The highest BCUT2D eigenvalue weighted by Gasteiger charge is 2.19. The summed E-state index contributed by atoms with van der Waals surface area (Å²) >= 11 is 0. The fourth-order valence-corrected chi connectivity index (χ4v) is 3.82. The van der Waals surface area contributed by atoms with Crippen LogP contribution in [0, 0.1) is 27.7 Å². The highest BCUT2D eigenvalue weighted by Crippen LogP contribution is 2.22. The van der Waals surface area contributed by atoms with Crippen LogP contribution in [0.25, 0.3) is 0 Å². The van der Waals surface area contributed by atoms with Gasteiger partial charge in [-0.2, -0.15) is 0 Å². The number of benzene rings is 2. The zero-order valence-electron chi connectivity index (χ0n) is 17.1. The molecule has 1 aromatic heterocycles. The van der Waals surface area contributed by atoms with Crippen LogP contribution < -0.4 is 14.8 Å². The average molecular weight is 429 g/mol. The van der Waals surface area contributed by atoms with Gasteiger partial charge in [-0.1, -0.05) is 11.2 Å². The van der Waals surface area contributed by atoms with Crippen LogP contribution in [0.2, 0.25) is 0 Å². The van der Waals surface area contributed by atoms with Gasteiger partial charge < -0.3 is 14.6 Å². The molecule has 2 N–H and O–H groups in total. The number of aromatic nitrogens is 1. The first-order valence-electron chi connectivity index (χ1n) is 9.21. The number of sulfonamides is 1. The van der Waals surface area contributed by atoms with Crippen molar-refractivity contribution in [1.29, 1.82) is 0 Å². The number of nitrogens with one attached hydrogen (secondary N) is 2. The first-order valence-corrected chi connectivity index (χ1v) is 10.7. The third kappa shape index (κ3) is 5.18. The molecule has 1 amide bonds. The van der Waals surface area contributed by atoms with Gasteiger partial charge in [-0.25, -0.2) is 13.1 Å². The summed E-state index contributed by atoms with van der Waals surface area (Å²) in [5, 5.41) is 6.40. The van der Waals surface area contributed by atoms with Gasteiger partial charge in [-0.3, -0.25) is 4.79 Å². The van der Waals surface area contributed by atoms with Gasteiger partial charge in [0.15, 0.2) is 6.61 Å². The molecule has 0 aliphatic heterocycles. The Morgan fingerprint density at radius 3 is 2.23 bits per heavy atom. The SMILES string of the molecule is Cc1cc(C)cc(OCC(=O)Nc2ccc(S(=O)(=O)Nc3onc(C)c3C)cc2)c1. The molecule has 0 bridgehead atoms. The second kappa shape index (κ2) is 8.58.